The number of likely N-dealkylation sites (N-methyl/N-ethyl adjacent to an activating group) is 1. The van der Waals surface area contributed by atoms with Crippen LogP contribution in [0.5, 0.6) is 5.75 Å². The minimum atomic E-state index is -0.825. The van der Waals surface area contributed by atoms with E-state index < -0.39 is 17.7 Å². The molecule has 2 aromatic carbocycles. The van der Waals surface area contributed by atoms with Gasteiger partial charge in [-0.1, -0.05) is 12.1 Å². The van der Waals surface area contributed by atoms with E-state index in [4.69, 9.17) is 4.74 Å². The van der Waals surface area contributed by atoms with Crippen LogP contribution in [0.2, 0.25) is 0 Å². The second kappa shape index (κ2) is 8.43. The molecule has 0 bridgehead atoms. The van der Waals surface area contributed by atoms with Crippen molar-refractivity contribution in [2.24, 2.45) is 0 Å². The molecule has 5 nitrogen and oxygen atoms in total. The summed E-state index contributed by atoms with van der Waals surface area (Å²) in [6.45, 7) is 0.313. The molecule has 0 aliphatic carbocycles. The third-order valence-electron chi connectivity index (χ3n) is 3.76. The molecular formula is C18H21F2N3O2. The lowest BCUT2D eigenvalue weighted by atomic mass is 10.1. The van der Waals surface area contributed by atoms with Gasteiger partial charge >= 0.3 is 6.03 Å². The number of rotatable bonds is 6. The smallest absolute Gasteiger partial charge is 0.319 e. The van der Waals surface area contributed by atoms with Gasteiger partial charge in [-0.2, -0.15) is 0 Å². The van der Waals surface area contributed by atoms with Crippen LogP contribution in [0.1, 0.15) is 11.6 Å². The van der Waals surface area contributed by atoms with Gasteiger partial charge in [0.05, 0.1) is 18.8 Å². The zero-order chi connectivity index (χ0) is 18.4. The molecule has 0 saturated heterocycles. The van der Waals surface area contributed by atoms with Crippen molar-refractivity contribution in [3.63, 3.8) is 0 Å². The molecule has 2 amide bonds. The Labute approximate surface area is 145 Å². The van der Waals surface area contributed by atoms with E-state index in [0.29, 0.717) is 6.54 Å². The molecule has 2 aromatic rings. The summed E-state index contributed by atoms with van der Waals surface area (Å²) < 4.78 is 31.6. The van der Waals surface area contributed by atoms with E-state index >= 15 is 0 Å². The van der Waals surface area contributed by atoms with E-state index in [1.54, 1.807) is 7.11 Å². The average Bonchev–Trinajstić information content (AvgIpc) is 2.58. The number of ether oxygens (including phenoxy) is 1. The van der Waals surface area contributed by atoms with Crippen LogP contribution in [0, 0.1) is 11.6 Å². The molecule has 7 heteroatoms. The number of amides is 2. The molecule has 1 atom stereocenters. The molecular weight excluding hydrogens is 328 g/mol. The van der Waals surface area contributed by atoms with E-state index in [0.717, 1.165) is 23.4 Å². The summed E-state index contributed by atoms with van der Waals surface area (Å²) >= 11 is 0. The highest BCUT2D eigenvalue weighted by atomic mass is 19.1. The first-order valence-corrected chi connectivity index (χ1v) is 7.71. The highest BCUT2D eigenvalue weighted by Crippen LogP contribution is 2.21. The predicted molar refractivity (Wildman–Crippen MR) is 92.8 cm³/mol. The van der Waals surface area contributed by atoms with Crippen LogP contribution in [-0.4, -0.2) is 38.7 Å². The molecule has 0 aliphatic rings. The molecule has 0 heterocycles. The monoisotopic (exact) mass is 349 g/mol. The maximum absolute atomic E-state index is 13.6. The van der Waals surface area contributed by atoms with E-state index in [1.165, 1.54) is 6.07 Å². The fourth-order valence-corrected chi connectivity index (χ4v) is 2.37. The molecule has 0 fully saturated rings. The van der Waals surface area contributed by atoms with Gasteiger partial charge in [0.15, 0.2) is 0 Å². The molecule has 1 unspecified atom stereocenters. The van der Waals surface area contributed by atoms with Crippen LogP contribution in [0.15, 0.2) is 42.5 Å². The van der Waals surface area contributed by atoms with Crippen molar-refractivity contribution >= 4 is 11.7 Å². The van der Waals surface area contributed by atoms with E-state index in [2.05, 4.69) is 10.6 Å². The zero-order valence-electron chi connectivity index (χ0n) is 14.3. The first-order chi connectivity index (χ1) is 11.9. The summed E-state index contributed by atoms with van der Waals surface area (Å²) in [7, 11) is 5.39. The van der Waals surface area contributed by atoms with Crippen molar-refractivity contribution in [2.75, 3.05) is 33.1 Å². The van der Waals surface area contributed by atoms with Crippen LogP contribution in [0.4, 0.5) is 19.3 Å². The average molecular weight is 349 g/mol. The number of nitrogens with zero attached hydrogens (tertiary/aromatic N) is 1. The molecule has 0 spiro atoms. The fourth-order valence-electron chi connectivity index (χ4n) is 2.37. The van der Waals surface area contributed by atoms with Crippen molar-refractivity contribution in [3.05, 3.63) is 59.7 Å². The number of anilines is 1. The van der Waals surface area contributed by atoms with Crippen molar-refractivity contribution < 1.29 is 18.3 Å². The lowest BCUT2D eigenvalue weighted by Crippen LogP contribution is -2.37. The first-order valence-electron chi connectivity index (χ1n) is 7.71. The van der Waals surface area contributed by atoms with Gasteiger partial charge < -0.3 is 20.3 Å². The van der Waals surface area contributed by atoms with Gasteiger partial charge in [-0.05, 0) is 43.9 Å². The number of nitrogens with one attached hydrogen (secondary N) is 2. The third-order valence-corrected chi connectivity index (χ3v) is 3.76. The highest BCUT2D eigenvalue weighted by Gasteiger charge is 2.16. The Morgan fingerprint density at radius 1 is 1.16 bits per heavy atom. The lowest BCUT2D eigenvalue weighted by molar-refractivity contribution is 0.243. The molecule has 2 rings (SSSR count). The van der Waals surface area contributed by atoms with Crippen molar-refractivity contribution in [1.29, 1.82) is 0 Å². The van der Waals surface area contributed by atoms with Crippen molar-refractivity contribution in [3.8, 4) is 5.75 Å². The Morgan fingerprint density at radius 3 is 2.40 bits per heavy atom. The second-order valence-corrected chi connectivity index (χ2v) is 5.71. The van der Waals surface area contributed by atoms with Crippen LogP contribution in [0.3, 0.4) is 0 Å². The van der Waals surface area contributed by atoms with Gasteiger partial charge in [-0.15, -0.1) is 0 Å². The Hall–Kier alpha value is -2.67. The van der Waals surface area contributed by atoms with E-state index in [1.807, 2.05) is 43.3 Å². The standard InChI is InChI=1S/C18H21F2N3O2/c1-23(2)17(12-4-7-14(25-3)8-5-12)11-21-18(24)22-16-9-6-13(19)10-15(16)20/h4-10,17H,11H2,1-3H3,(H2,21,22,24). The van der Waals surface area contributed by atoms with Crippen LogP contribution >= 0.6 is 0 Å². The Balaban J connectivity index is 1.99. The van der Waals surface area contributed by atoms with Crippen LogP contribution in [-0.2, 0) is 0 Å². The predicted octanol–water partition coefficient (Wildman–Crippen LogP) is 3.40. The molecule has 134 valence electrons. The SMILES string of the molecule is COc1ccc(C(CNC(=O)Nc2ccc(F)cc2F)N(C)C)cc1. The second-order valence-electron chi connectivity index (χ2n) is 5.71. The van der Waals surface area contributed by atoms with Gasteiger partial charge in [-0.25, -0.2) is 13.6 Å². The Morgan fingerprint density at radius 2 is 1.84 bits per heavy atom. The maximum Gasteiger partial charge on any atom is 0.319 e. The van der Waals surface area contributed by atoms with Gasteiger partial charge in [0.25, 0.3) is 0 Å². The number of urea groups is 1. The summed E-state index contributed by atoms with van der Waals surface area (Å²) in [5, 5.41) is 5.07. The fraction of sp³-hybridized carbons (Fsp3) is 0.278. The number of hydrogen-bond acceptors (Lipinski definition) is 3. The quantitative estimate of drug-likeness (QED) is 0.840. The van der Waals surface area contributed by atoms with Crippen LogP contribution in [0.25, 0.3) is 0 Å². The minimum Gasteiger partial charge on any atom is -0.497 e. The van der Waals surface area contributed by atoms with Crippen molar-refractivity contribution in [1.82, 2.24) is 10.2 Å². The Bertz CT molecular complexity index is 721. The van der Waals surface area contributed by atoms with E-state index in [-0.39, 0.29) is 11.7 Å². The number of hydrogen-bond donors (Lipinski definition) is 2. The van der Waals surface area contributed by atoms with Gasteiger partial charge in [0, 0.05) is 12.6 Å². The Kier molecular flexibility index (Phi) is 6.30. The number of benzene rings is 2. The number of methoxy groups -OCH3 is 1. The minimum absolute atomic E-state index is 0.0743. The number of halogens is 2. The largest absolute Gasteiger partial charge is 0.497 e. The summed E-state index contributed by atoms with van der Waals surface area (Å²) in [5.74, 6) is -0.774. The summed E-state index contributed by atoms with van der Waals surface area (Å²) in [6.07, 6.45) is 0. The van der Waals surface area contributed by atoms with Gasteiger partial charge in [0.1, 0.15) is 17.4 Å². The molecule has 25 heavy (non-hydrogen) atoms. The molecule has 0 saturated carbocycles. The number of carbonyl (C=O) groups excluding carboxylic acids is 1. The first kappa shape index (κ1) is 18.7. The topological polar surface area (TPSA) is 53.6 Å². The van der Waals surface area contributed by atoms with Gasteiger partial charge in [-0.3, -0.25) is 0 Å². The molecule has 0 aliphatic heterocycles. The van der Waals surface area contributed by atoms with Crippen molar-refractivity contribution in [2.45, 2.75) is 6.04 Å². The summed E-state index contributed by atoms with van der Waals surface area (Å²) in [5.41, 5.74) is 0.920. The summed E-state index contributed by atoms with van der Waals surface area (Å²) in [4.78, 5) is 13.9. The maximum atomic E-state index is 13.6. The normalized spacial score (nSPS) is 11.9. The third kappa shape index (κ3) is 5.15. The van der Waals surface area contributed by atoms with Gasteiger partial charge in [0.2, 0.25) is 0 Å². The molecule has 2 N–H and O–H groups in total. The molecule has 0 radical (unpaired) electrons. The van der Waals surface area contributed by atoms with Crippen LogP contribution < -0.4 is 15.4 Å². The zero-order valence-corrected chi connectivity index (χ0v) is 14.3. The summed E-state index contributed by atoms with van der Waals surface area (Å²) in [6, 6.07) is 9.87. The lowest BCUT2D eigenvalue weighted by Gasteiger charge is -2.25. The van der Waals surface area contributed by atoms with E-state index in [9.17, 15) is 13.6 Å². The molecule has 0 aromatic heterocycles. The number of carbonyl (C=O) groups is 1. The highest BCUT2D eigenvalue weighted by molar-refractivity contribution is 5.89.